The SMILES string of the molecule is CCOC(=O)[C@H]1CCCN(CC(O)c2ccc(-c3noc(-c4noc(CC(C)C)c4C)n3)cc2)C1. The number of aromatic nitrogens is 3. The van der Waals surface area contributed by atoms with Crippen LogP contribution in [-0.4, -0.2) is 57.5 Å². The maximum Gasteiger partial charge on any atom is 0.310 e. The molecule has 9 nitrogen and oxygen atoms in total. The van der Waals surface area contributed by atoms with E-state index in [-0.39, 0.29) is 11.9 Å². The van der Waals surface area contributed by atoms with E-state index in [2.05, 4.69) is 34.0 Å². The van der Waals surface area contributed by atoms with Crippen LogP contribution in [0, 0.1) is 18.8 Å². The number of β-amino-alcohol motifs (C(OH)–C–C–N with tert-alkyl or cyclic N) is 1. The highest BCUT2D eigenvalue weighted by Gasteiger charge is 2.28. The summed E-state index contributed by atoms with van der Waals surface area (Å²) in [6, 6.07) is 7.46. The van der Waals surface area contributed by atoms with E-state index in [0.29, 0.717) is 43.0 Å². The number of likely N-dealkylation sites (tertiary alicyclic amines) is 1. The fourth-order valence-electron chi connectivity index (χ4n) is 4.45. The van der Waals surface area contributed by atoms with E-state index < -0.39 is 6.10 Å². The Hall–Kier alpha value is -3.04. The minimum absolute atomic E-state index is 0.125. The predicted molar refractivity (Wildman–Crippen MR) is 129 cm³/mol. The van der Waals surface area contributed by atoms with Gasteiger partial charge in [-0.05, 0) is 44.7 Å². The lowest BCUT2D eigenvalue weighted by atomic mass is 9.97. The second kappa shape index (κ2) is 11.1. The Kier molecular flexibility index (Phi) is 7.97. The average Bonchev–Trinajstić information content (AvgIpc) is 3.46. The fraction of sp³-hybridized carbons (Fsp3) is 0.538. The topological polar surface area (TPSA) is 115 Å². The Bertz CT molecular complexity index is 1120. The highest BCUT2D eigenvalue weighted by molar-refractivity contribution is 5.72. The molecule has 0 saturated carbocycles. The van der Waals surface area contributed by atoms with Crippen molar-refractivity contribution < 1.29 is 23.7 Å². The molecule has 0 spiro atoms. The maximum absolute atomic E-state index is 12.1. The van der Waals surface area contributed by atoms with Gasteiger partial charge in [0.05, 0.1) is 18.6 Å². The number of aliphatic hydroxyl groups excluding tert-OH is 1. The monoisotopic (exact) mass is 482 g/mol. The molecule has 1 unspecified atom stereocenters. The quantitative estimate of drug-likeness (QED) is 0.448. The van der Waals surface area contributed by atoms with Gasteiger partial charge in [0, 0.05) is 30.6 Å². The number of hydrogen-bond donors (Lipinski definition) is 1. The minimum atomic E-state index is -0.664. The van der Waals surface area contributed by atoms with E-state index in [4.69, 9.17) is 13.8 Å². The van der Waals surface area contributed by atoms with Gasteiger partial charge in [-0.15, -0.1) is 0 Å². The second-order valence-electron chi connectivity index (χ2n) is 9.59. The molecule has 9 heteroatoms. The van der Waals surface area contributed by atoms with E-state index in [1.807, 2.05) is 38.1 Å². The number of rotatable bonds is 9. The Morgan fingerprint density at radius 2 is 2.00 bits per heavy atom. The largest absolute Gasteiger partial charge is 0.466 e. The number of hydrogen-bond acceptors (Lipinski definition) is 9. The van der Waals surface area contributed by atoms with Crippen LogP contribution in [0.3, 0.4) is 0 Å². The van der Waals surface area contributed by atoms with Crippen LogP contribution in [0.2, 0.25) is 0 Å². The molecule has 0 aliphatic carbocycles. The van der Waals surface area contributed by atoms with Gasteiger partial charge in [-0.1, -0.05) is 48.4 Å². The summed E-state index contributed by atoms with van der Waals surface area (Å²) in [5.74, 6) is 1.78. The van der Waals surface area contributed by atoms with Crippen LogP contribution in [-0.2, 0) is 16.0 Å². The van der Waals surface area contributed by atoms with Crippen molar-refractivity contribution in [1.82, 2.24) is 20.2 Å². The van der Waals surface area contributed by atoms with Crippen molar-refractivity contribution in [3.63, 3.8) is 0 Å². The van der Waals surface area contributed by atoms with E-state index in [9.17, 15) is 9.90 Å². The number of carbonyl (C=O) groups is 1. The van der Waals surface area contributed by atoms with Gasteiger partial charge >= 0.3 is 5.97 Å². The van der Waals surface area contributed by atoms with Crippen molar-refractivity contribution in [3.8, 4) is 23.0 Å². The molecular formula is C26H34N4O5. The maximum atomic E-state index is 12.1. The molecule has 188 valence electrons. The first-order valence-corrected chi connectivity index (χ1v) is 12.3. The molecule has 3 aromatic rings. The first kappa shape index (κ1) is 25.1. The Morgan fingerprint density at radius 3 is 2.71 bits per heavy atom. The van der Waals surface area contributed by atoms with Crippen LogP contribution in [0.5, 0.6) is 0 Å². The normalized spacial score (nSPS) is 17.6. The lowest BCUT2D eigenvalue weighted by Crippen LogP contribution is -2.41. The van der Waals surface area contributed by atoms with E-state index in [0.717, 1.165) is 48.3 Å². The summed E-state index contributed by atoms with van der Waals surface area (Å²) >= 11 is 0. The fourth-order valence-corrected chi connectivity index (χ4v) is 4.45. The van der Waals surface area contributed by atoms with Gasteiger partial charge in [-0.3, -0.25) is 9.69 Å². The minimum Gasteiger partial charge on any atom is -0.466 e. The molecule has 35 heavy (non-hydrogen) atoms. The van der Waals surface area contributed by atoms with Crippen molar-refractivity contribution in [2.45, 2.75) is 53.1 Å². The molecule has 1 saturated heterocycles. The van der Waals surface area contributed by atoms with Gasteiger partial charge in [0.15, 0.2) is 5.69 Å². The highest BCUT2D eigenvalue weighted by Crippen LogP contribution is 2.28. The summed E-state index contributed by atoms with van der Waals surface area (Å²) in [5.41, 5.74) is 3.05. The zero-order valence-corrected chi connectivity index (χ0v) is 20.9. The first-order chi connectivity index (χ1) is 16.9. The molecule has 1 aliphatic heterocycles. The number of benzene rings is 1. The van der Waals surface area contributed by atoms with Crippen molar-refractivity contribution >= 4 is 5.97 Å². The summed E-state index contributed by atoms with van der Waals surface area (Å²) in [5, 5.41) is 19.0. The molecule has 1 aromatic carbocycles. The Labute approximate surface area is 205 Å². The molecule has 0 radical (unpaired) electrons. The number of carbonyl (C=O) groups excluding carboxylic acids is 1. The van der Waals surface area contributed by atoms with Gasteiger partial charge < -0.3 is 18.9 Å². The summed E-state index contributed by atoms with van der Waals surface area (Å²) < 4.78 is 16.1. The number of nitrogens with zero attached hydrogens (tertiary/aromatic N) is 4. The molecule has 0 amide bonds. The summed E-state index contributed by atoms with van der Waals surface area (Å²) in [7, 11) is 0. The highest BCUT2D eigenvalue weighted by atomic mass is 16.5. The van der Waals surface area contributed by atoms with Crippen LogP contribution < -0.4 is 0 Å². The zero-order valence-electron chi connectivity index (χ0n) is 20.9. The molecule has 1 aliphatic rings. The molecular weight excluding hydrogens is 448 g/mol. The van der Waals surface area contributed by atoms with Gasteiger partial charge in [0.2, 0.25) is 5.82 Å². The third kappa shape index (κ3) is 5.97. The lowest BCUT2D eigenvalue weighted by molar-refractivity contribution is -0.150. The van der Waals surface area contributed by atoms with Gasteiger partial charge in [0.25, 0.3) is 5.89 Å². The molecule has 1 N–H and O–H groups in total. The third-order valence-corrected chi connectivity index (χ3v) is 6.35. The molecule has 2 aromatic heterocycles. The van der Waals surface area contributed by atoms with Gasteiger partial charge in [-0.2, -0.15) is 4.98 Å². The van der Waals surface area contributed by atoms with Gasteiger partial charge in [0.1, 0.15) is 5.76 Å². The Morgan fingerprint density at radius 1 is 1.23 bits per heavy atom. The number of esters is 1. The molecule has 0 bridgehead atoms. The van der Waals surface area contributed by atoms with Crippen LogP contribution in [0.15, 0.2) is 33.3 Å². The average molecular weight is 483 g/mol. The lowest BCUT2D eigenvalue weighted by Gasteiger charge is -2.32. The number of ether oxygens (including phenoxy) is 1. The summed E-state index contributed by atoms with van der Waals surface area (Å²) in [6.07, 6.45) is 1.88. The molecule has 2 atom stereocenters. The van der Waals surface area contributed by atoms with Crippen LogP contribution in [0.25, 0.3) is 23.0 Å². The van der Waals surface area contributed by atoms with Crippen molar-refractivity contribution in [3.05, 3.63) is 41.2 Å². The first-order valence-electron chi connectivity index (χ1n) is 12.3. The molecule has 3 heterocycles. The number of piperidine rings is 1. The van der Waals surface area contributed by atoms with Crippen molar-refractivity contribution in [1.29, 1.82) is 0 Å². The standard InChI is InChI=1S/C26H34N4O5/c1-5-33-26(32)20-7-6-12-30(14-20)15-21(31)18-8-10-19(11-9-18)24-27-25(35-29-24)23-17(4)22(34-28-23)13-16(2)3/h8-11,16,20-21,31H,5-7,12-15H2,1-4H3/t20-,21?/m0/s1. The second-order valence-corrected chi connectivity index (χ2v) is 9.59. The molecule has 1 fully saturated rings. The van der Waals surface area contributed by atoms with Crippen LogP contribution in [0.4, 0.5) is 0 Å². The van der Waals surface area contributed by atoms with Gasteiger partial charge in [-0.25, -0.2) is 0 Å². The number of aliphatic hydroxyl groups is 1. The smallest absolute Gasteiger partial charge is 0.310 e. The van der Waals surface area contributed by atoms with Crippen molar-refractivity contribution in [2.24, 2.45) is 11.8 Å². The molecule has 4 rings (SSSR count). The van der Waals surface area contributed by atoms with E-state index in [1.54, 1.807) is 0 Å². The van der Waals surface area contributed by atoms with Crippen molar-refractivity contribution in [2.75, 3.05) is 26.2 Å². The third-order valence-electron chi connectivity index (χ3n) is 6.35. The predicted octanol–water partition coefficient (Wildman–Crippen LogP) is 4.21. The van der Waals surface area contributed by atoms with E-state index in [1.165, 1.54) is 0 Å². The van der Waals surface area contributed by atoms with E-state index >= 15 is 0 Å². The Balaban J connectivity index is 1.39. The van der Waals surface area contributed by atoms with Crippen LogP contribution >= 0.6 is 0 Å². The zero-order chi connectivity index (χ0) is 24.9. The van der Waals surface area contributed by atoms with Crippen LogP contribution in [0.1, 0.15) is 56.6 Å². The summed E-state index contributed by atoms with van der Waals surface area (Å²) in [4.78, 5) is 18.7. The summed E-state index contributed by atoms with van der Waals surface area (Å²) in [6.45, 7) is 10.3.